The number of fused-ring (bicyclic) bond motifs is 1. The number of H-pyrrole nitrogens is 1. The summed E-state index contributed by atoms with van der Waals surface area (Å²) in [6, 6.07) is 5.31. The van der Waals surface area contributed by atoms with E-state index in [1.165, 1.54) is 0 Å². The lowest BCUT2D eigenvalue weighted by Crippen LogP contribution is -2.65. The van der Waals surface area contributed by atoms with E-state index < -0.39 is 10.0 Å². The number of nitrogens with one attached hydrogen (secondary N) is 1. The Balaban J connectivity index is 1.84. The normalized spacial score (nSPS) is 20.6. The molecule has 36 heavy (non-hydrogen) atoms. The van der Waals surface area contributed by atoms with E-state index in [1.54, 1.807) is 22.5 Å². The highest BCUT2D eigenvalue weighted by Crippen LogP contribution is 2.33. The molecule has 0 spiro atoms. The summed E-state index contributed by atoms with van der Waals surface area (Å²) in [6.07, 6.45) is 1.70. The topological polar surface area (TPSA) is 92.6 Å². The van der Waals surface area contributed by atoms with Crippen LogP contribution in [0.2, 0.25) is 0 Å². The predicted molar refractivity (Wildman–Crippen MR) is 143 cm³/mol. The minimum Gasteiger partial charge on any atom is -0.493 e. The Kier molecular flexibility index (Phi) is 7.31. The molecule has 0 aliphatic carbocycles. The number of hydrogen-bond donors (Lipinski definition) is 1. The molecule has 0 unspecified atom stereocenters. The highest BCUT2D eigenvalue weighted by Gasteiger charge is 2.42. The number of nitrogens with zero attached hydrogens (tertiary/aromatic N) is 5. The summed E-state index contributed by atoms with van der Waals surface area (Å²) in [5.41, 5.74) is 2.12. The maximum Gasteiger partial charge on any atom is 0.243 e. The van der Waals surface area contributed by atoms with Gasteiger partial charge in [0.05, 0.1) is 62.0 Å². The highest BCUT2D eigenvalue weighted by atomic mass is 32.2. The molecule has 4 rings (SSSR count). The van der Waals surface area contributed by atoms with Crippen LogP contribution in [-0.2, 0) is 16.4 Å². The van der Waals surface area contributed by atoms with Gasteiger partial charge in [0, 0.05) is 6.42 Å². The lowest BCUT2D eigenvalue weighted by molar-refractivity contribution is -0.938. The van der Waals surface area contributed by atoms with E-state index in [1.807, 2.05) is 18.4 Å². The number of piperazine rings is 1. The molecule has 3 aromatic rings. The van der Waals surface area contributed by atoms with Crippen molar-refractivity contribution in [1.29, 1.82) is 0 Å². The second kappa shape index (κ2) is 9.85. The largest absolute Gasteiger partial charge is 0.493 e. The molecule has 2 aromatic heterocycles. The minimum absolute atomic E-state index is 0.173. The standard InChI is InChI=1S/C25H36N6O3S2/c1-8-10-22-26-18(5)23-25(35)27-24(28-30(22)23)20-13-19(11-12-21(20)34-9-2)36(32,33)29-14-16(3)31(6,7)17(4)15-29/h11-13,16-17H,8-10,14-15H2,1-7H3/p+1/t16-,17+. The number of quaternary nitrogens is 1. The second-order valence-corrected chi connectivity index (χ2v) is 12.5. The quantitative estimate of drug-likeness (QED) is 0.365. The Morgan fingerprint density at radius 1 is 1.17 bits per heavy atom. The fourth-order valence-corrected chi connectivity index (χ4v) is 6.72. The fraction of sp³-hybridized carbons (Fsp3) is 0.560. The monoisotopic (exact) mass is 533 g/mol. The van der Waals surface area contributed by atoms with Crippen LogP contribution >= 0.6 is 12.2 Å². The minimum atomic E-state index is -3.72. The van der Waals surface area contributed by atoms with Crippen LogP contribution in [0.15, 0.2) is 23.1 Å². The van der Waals surface area contributed by atoms with E-state index >= 15 is 0 Å². The lowest BCUT2D eigenvalue weighted by atomic mass is 10.1. The molecule has 0 bridgehead atoms. The Morgan fingerprint density at radius 3 is 2.44 bits per heavy atom. The molecule has 3 heterocycles. The number of hydrogen-bond acceptors (Lipinski definition) is 6. The maximum absolute atomic E-state index is 13.8. The molecule has 1 saturated heterocycles. The molecule has 9 nitrogen and oxygen atoms in total. The summed E-state index contributed by atoms with van der Waals surface area (Å²) >= 11 is 5.63. The van der Waals surface area contributed by atoms with Crippen molar-refractivity contribution in [1.82, 2.24) is 23.9 Å². The van der Waals surface area contributed by atoms with Crippen molar-refractivity contribution in [2.75, 3.05) is 33.8 Å². The van der Waals surface area contributed by atoms with E-state index in [2.05, 4.69) is 49.9 Å². The van der Waals surface area contributed by atoms with Gasteiger partial charge in [0.15, 0.2) is 10.5 Å². The Bertz CT molecular complexity index is 1430. The van der Waals surface area contributed by atoms with Gasteiger partial charge in [0.1, 0.15) is 17.1 Å². The third-order valence-corrected chi connectivity index (χ3v) is 9.69. The molecule has 196 valence electrons. The van der Waals surface area contributed by atoms with Crippen molar-refractivity contribution in [2.45, 2.75) is 64.4 Å². The molecule has 0 saturated carbocycles. The Morgan fingerprint density at radius 2 is 1.83 bits per heavy atom. The van der Waals surface area contributed by atoms with Gasteiger partial charge in [-0.2, -0.15) is 4.31 Å². The van der Waals surface area contributed by atoms with Crippen LogP contribution in [0.3, 0.4) is 0 Å². The molecule has 1 fully saturated rings. The molecular weight excluding hydrogens is 496 g/mol. The number of ether oxygens (including phenoxy) is 1. The summed E-state index contributed by atoms with van der Waals surface area (Å²) < 4.78 is 38.1. The molecule has 1 N–H and O–H groups in total. The molecule has 11 heteroatoms. The molecule has 0 radical (unpaired) electrons. The smallest absolute Gasteiger partial charge is 0.243 e. The SMILES string of the molecule is CCCc1nc(C)c2c(=S)nc(-c3cc(S(=O)(=O)N4C[C@@H](C)[N+](C)(C)[C@@H](C)C4)ccc3OCC)[nH]n12. The summed E-state index contributed by atoms with van der Waals surface area (Å²) in [4.78, 5) is 9.51. The van der Waals surface area contributed by atoms with Gasteiger partial charge in [-0.05, 0) is 52.3 Å². The summed E-state index contributed by atoms with van der Waals surface area (Å²) in [5, 5.41) is 3.33. The van der Waals surface area contributed by atoms with E-state index in [-0.39, 0.29) is 17.0 Å². The molecule has 2 atom stereocenters. The molecule has 1 aliphatic heterocycles. The number of rotatable bonds is 7. The van der Waals surface area contributed by atoms with E-state index in [0.29, 0.717) is 41.5 Å². The predicted octanol–water partition coefficient (Wildman–Crippen LogP) is 3.97. The zero-order valence-corrected chi connectivity index (χ0v) is 23.8. The number of sulfonamides is 1. The van der Waals surface area contributed by atoms with Gasteiger partial charge in [-0.3, -0.25) is 5.10 Å². The first-order chi connectivity index (χ1) is 16.9. The maximum atomic E-state index is 13.8. The van der Waals surface area contributed by atoms with E-state index in [9.17, 15) is 8.42 Å². The Labute approximate surface area is 218 Å². The zero-order valence-electron chi connectivity index (χ0n) is 22.2. The third kappa shape index (κ3) is 4.57. The average Bonchev–Trinajstić information content (AvgIpc) is 3.13. The zero-order chi connectivity index (χ0) is 26.4. The van der Waals surface area contributed by atoms with Crippen molar-refractivity contribution in [3.63, 3.8) is 0 Å². The number of benzene rings is 1. The van der Waals surface area contributed by atoms with Gasteiger partial charge in [-0.15, -0.1) is 0 Å². The summed E-state index contributed by atoms with van der Waals surface area (Å²) in [6.45, 7) is 11.5. The van der Waals surface area contributed by atoms with Crippen LogP contribution in [0.4, 0.5) is 0 Å². The van der Waals surface area contributed by atoms with Gasteiger partial charge in [-0.1, -0.05) is 19.1 Å². The molecule has 0 amide bonds. The van der Waals surface area contributed by atoms with Crippen LogP contribution in [0.1, 0.15) is 45.6 Å². The van der Waals surface area contributed by atoms with Crippen molar-refractivity contribution in [3.05, 3.63) is 34.4 Å². The van der Waals surface area contributed by atoms with Crippen molar-refractivity contribution in [2.24, 2.45) is 0 Å². The molecular formula is C25H37N6O3S2+. The lowest BCUT2D eigenvalue weighted by Gasteiger charge is -2.48. The number of imidazole rings is 1. The summed E-state index contributed by atoms with van der Waals surface area (Å²) in [7, 11) is 0.587. The van der Waals surface area contributed by atoms with Gasteiger partial charge in [0.2, 0.25) is 10.0 Å². The number of likely N-dealkylation sites (N-methyl/N-ethyl adjacent to an activating group) is 1. The first-order valence-electron chi connectivity index (χ1n) is 12.5. The van der Waals surface area contributed by atoms with Crippen LogP contribution in [0, 0.1) is 11.6 Å². The third-order valence-electron chi connectivity index (χ3n) is 7.58. The number of aromatic nitrogens is 4. The van der Waals surface area contributed by atoms with E-state index in [4.69, 9.17) is 17.0 Å². The van der Waals surface area contributed by atoms with Gasteiger partial charge >= 0.3 is 0 Å². The van der Waals surface area contributed by atoms with Crippen LogP contribution in [-0.4, -0.2) is 82.7 Å². The van der Waals surface area contributed by atoms with Gasteiger partial charge in [0.25, 0.3) is 0 Å². The van der Waals surface area contributed by atoms with Crippen molar-refractivity contribution >= 4 is 27.8 Å². The van der Waals surface area contributed by atoms with Crippen LogP contribution in [0.25, 0.3) is 16.9 Å². The highest BCUT2D eigenvalue weighted by molar-refractivity contribution is 7.89. The van der Waals surface area contributed by atoms with Crippen LogP contribution < -0.4 is 4.74 Å². The first kappa shape index (κ1) is 26.7. The second-order valence-electron chi connectivity index (χ2n) is 10.2. The van der Waals surface area contributed by atoms with Crippen LogP contribution in [0.5, 0.6) is 5.75 Å². The van der Waals surface area contributed by atoms with Gasteiger partial charge in [-0.25, -0.2) is 22.9 Å². The fourth-order valence-electron chi connectivity index (χ4n) is 4.76. The van der Waals surface area contributed by atoms with Crippen molar-refractivity contribution in [3.8, 4) is 17.1 Å². The number of aromatic amines is 1. The number of aryl methyl sites for hydroxylation is 2. The van der Waals surface area contributed by atoms with Gasteiger partial charge < -0.3 is 9.22 Å². The molecule has 1 aromatic carbocycles. The first-order valence-corrected chi connectivity index (χ1v) is 14.4. The average molecular weight is 534 g/mol. The van der Waals surface area contributed by atoms with Crippen molar-refractivity contribution < 1.29 is 17.6 Å². The van der Waals surface area contributed by atoms with E-state index in [0.717, 1.165) is 34.4 Å². The summed E-state index contributed by atoms with van der Waals surface area (Å²) in [5.74, 6) is 1.85. The Hall–Kier alpha value is -2.34. The molecule has 1 aliphatic rings.